The third kappa shape index (κ3) is 5.09. The molecule has 0 aliphatic heterocycles. The molecule has 3 aromatic rings. The molecule has 0 aliphatic rings. The highest BCUT2D eigenvalue weighted by Gasteiger charge is 2.27. The molecule has 0 fully saturated rings. The third-order valence-electron chi connectivity index (χ3n) is 4.14. The number of ether oxygens (including phenoxy) is 2. The standard InChI is InChI=1S/C20H15BrF4N2O5/c21-18-17(10-2-1-9(22)7-12(10)24)27-20(32-18)14(8-30-6-5-28)31-13-4-3-11(23)15(16(13)25)19(26)29/h1-4,7,14,28H,5-6,8H2,(H2,26,29). The molecule has 7 nitrogen and oxygen atoms in total. The Labute approximate surface area is 186 Å². The average molecular weight is 519 g/mol. The van der Waals surface area contributed by atoms with Gasteiger partial charge in [0.2, 0.25) is 5.89 Å². The van der Waals surface area contributed by atoms with E-state index in [1.165, 1.54) is 0 Å². The fourth-order valence-electron chi connectivity index (χ4n) is 2.72. The quantitative estimate of drug-likeness (QED) is 0.328. The minimum absolute atomic E-state index is 0.0360. The molecule has 0 radical (unpaired) electrons. The monoisotopic (exact) mass is 518 g/mol. The van der Waals surface area contributed by atoms with Crippen LogP contribution in [0.15, 0.2) is 39.4 Å². The first-order valence-corrected chi connectivity index (χ1v) is 9.77. The molecule has 1 heterocycles. The van der Waals surface area contributed by atoms with Crippen LogP contribution in [0, 0.1) is 23.3 Å². The molecule has 1 aromatic heterocycles. The first-order valence-electron chi connectivity index (χ1n) is 8.97. The van der Waals surface area contributed by atoms with E-state index < -0.39 is 46.6 Å². The van der Waals surface area contributed by atoms with Gasteiger partial charge < -0.3 is 24.7 Å². The predicted molar refractivity (Wildman–Crippen MR) is 106 cm³/mol. The number of primary amides is 1. The van der Waals surface area contributed by atoms with Gasteiger partial charge in [-0.1, -0.05) is 0 Å². The number of aliphatic hydroxyl groups is 1. The van der Waals surface area contributed by atoms with Crippen LogP contribution < -0.4 is 10.5 Å². The van der Waals surface area contributed by atoms with Gasteiger partial charge in [-0.15, -0.1) is 0 Å². The Kier molecular flexibility index (Phi) is 7.48. The van der Waals surface area contributed by atoms with Gasteiger partial charge in [-0.3, -0.25) is 4.79 Å². The molecule has 0 spiro atoms. The van der Waals surface area contributed by atoms with Crippen LogP contribution in [0.2, 0.25) is 0 Å². The number of carbonyl (C=O) groups excluding carboxylic acids is 1. The largest absolute Gasteiger partial charge is 0.475 e. The molecular weight excluding hydrogens is 504 g/mol. The maximum atomic E-state index is 14.6. The average Bonchev–Trinajstić information content (AvgIpc) is 3.10. The zero-order valence-corrected chi connectivity index (χ0v) is 17.7. The fraction of sp³-hybridized carbons (Fsp3) is 0.200. The minimum atomic E-state index is -1.35. The summed E-state index contributed by atoms with van der Waals surface area (Å²) in [6, 6.07) is 4.54. The molecule has 2 aromatic carbocycles. The number of nitrogens with two attached hydrogens (primary N) is 1. The number of halogens is 5. The highest BCUT2D eigenvalue weighted by Crippen LogP contribution is 2.35. The number of aromatic nitrogens is 1. The molecule has 0 bridgehead atoms. The van der Waals surface area contributed by atoms with Crippen LogP contribution in [-0.2, 0) is 4.74 Å². The van der Waals surface area contributed by atoms with Crippen LogP contribution in [0.1, 0.15) is 22.4 Å². The lowest BCUT2D eigenvalue weighted by Gasteiger charge is -2.17. The Morgan fingerprint density at radius 2 is 1.94 bits per heavy atom. The van der Waals surface area contributed by atoms with Crippen molar-refractivity contribution in [3.63, 3.8) is 0 Å². The van der Waals surface area contributed by atoms with E-state index in [1.54, 1.807) is 0 Å². The van der Waals surface area contributed by atoms with Crippen LogP contribution in [0.25, 0.3) is 11.3 Å². The Balaban J connectivity index is 1.99. The maximum absolute atomic E-state index is 14.6. The summed E-state index contributed by atoms with van der Waals surface area (Å²) >= 11 is 3.09. The van der Waals surface area contributed by atoms with Crippen molar-refractivity contribution >= 4 is 21.8 Å². The highest BCUT2D eigenvalue weighted by atomic mass is 79.9. The number of hydrogen-bond acceptors (Lipinski definition) is 6. The van der Waals surface area contributed by atoms with Crippen molar-refractivity contribution in [1.82, 2.24) is 4.98 Å². The zero-order chi connectivity index (χ0) is 23.4. The Morgan fingerprint density at radius 3 is 2.59 bits per heavy atom. The first kappa shape index (κ1) is 23.7. The van der Waals surface area contributed by atoms with Crippen molar-refractivity contribution in [2.45, 2.75) is 6.10 Å². The number of carbonyl (C=O) groups is 1. The summed E-state index contributed by atoms with van der Waals surface area (Å²) in [5.41, 5.74) is 3.88. The molecule has 170 valence electrons. The number of oxazole rings is 1. The Hall–Kier alpha value is -2.96. The summed E-state index contributed by atoms with van der Waals surface area (Å²) in [6.07, 6.45) is -1.27. The summed E-state index contributed by atoms with van der Waals surface area (Å²) in [4.78, 5) is 15.5. The SMILES string of the molecule is NC(=O)c1c(F)ccc(OC(COCCO)c2nc(-c3ccc(F)cc3F)c(Br)o2)c1F. The van der Waals surface area contributed by atoms with Crippen molar-refractivity contribution in [2.75, 3.05) is 19.8 Å². The number of nitrogens with zero attached hydrogens (tertiary/aromatic N) is 1. The van der Waals surface area contributed by atoms with E-state index in [4.69, 9.17) is 24.7 Å². The van der Waals surface area contributed by atoms with E-state index in [9.17, 15) is 22.4 Å². The number of benzene rings is 2. The van der Waals surface area contributed by atoms with Crippen LogP contribution in [0.4, 0.5) is 17.6 Å². The molecule has 3 rings (SSSR count). The molecule has 1 unspecified atom stereocenters. The molecule has 0 saturated heterocycles. The second kappa shape index (κ2) is 10.1. The summed E-state index contributed by atoms with van der Waals surface area (Å²) < 4.78 is 71.9. The molecule has 12 heteroatoms. The Bertz CT molecular complexity index is 1140. The maximum Gasteiger partial charge on any atom is 0.254 e. The highest BCUT2D eigenvalue weighted by molar-refractivity contribution is 9.10. The minimum Gasteiger partial charge on any atom is -0.475 e. The molecular formula is C20H15BrF4N2O5. The van der Waals surface area contributed by atoms with Crippen molar-refractivity contribution in [3.05, 3.63) is 69.7 Å². The van der Waals surface area contributed by atoms with Gasteiger partial charge in [0, 0.05) is 11.6 Å². The summed E-state index contributed by atoms with van der Waals surface area (Å²) in [6.45, 7) is -0.758. The van der Waals surface area contributed by atoms with Gasteiger partial charge in [0.05, 0.1) is 19.8 Å². The number of rotatable bonds is 9. The van der Waals surface area contributed by atoms with E-state index >= 15 is 0 Å². The number of amides is 1. The molecule has 3 N–H and O–H groups in total. The van der Waals surface area contributed by atoms with Crippen LogP contribution >= 0.6 is 15.9 Å². The van der Waals surface area contributed by atoms with E-state index in [1.807, 2.05) is 0 Å². The zero-order valence-electron chi connectivity index (χ0n) is 16.1. The van der Waals surface area contributed by atoms with Crippen LogP contribution in [0.3, 0.4) is 0 Å². The molecule has 1 amide bonds. The second-order valence-electron chi connectivity index (χ2n) is 6.30. The third-order valence-corrected chi connectivity index (χ3v) is 4.68. The van der Waals surface area contributed by atoms with Gasteiger partial charge in [-0.05, 0) is 40.2 Å². The predicted octanol–water partition coefficient (Wildman–Crippen LogP) is 3.89. The topological polar surface area (TPSA) is 108 Å². The van der Waals surface area contributed by atoms with E-state index in [2.05, 4.69) is 20.9 Å². The van der Waals surface area contributed by atoms with Crippen LogP contribution in [0.5, 0.6) is 5.75 Å². The van der Waals surface area contributed by atoms with Gasteiger partial charge in [-0.2, -0.15) is 0 Å². The molecule has 0 aliphatic carbocycles. The van der Waals surface area contributed by atoms with Crippen LogP contribution in [-0.4, -0.2) is 35.8 Å². The van der Waals surface area contributed by atoms with E-state index in [-0.39, 0.29) is 41.6 Å². The first-order chi connectivity index (χ1) is 15.2. The van der Waals surface area contributed by atoms with Crippen molar-refractivity contribution < 1.29 is 41.4 Å². The van der Waals surface area contributed by atoms with E-state index in [0.29, 0.717) is 6.07 Å². The van der Waals surface area contributed by atoms with Gasteiger partial charge in [0.15, 0.2) is 22.3 Å². The van der Waals surface area contributed by atoms with Crippen molar-refractivity contribution in [2.24, 2.45) is 5.73 Å². The summed E-state index contributed by atoms with van der Waals surface area (Å²) in [5, 5.41) is 8.92. The molecule has 0 saturated carbocycles. The van der Waals surface area contributed by atoms with Gasteiger partial charge >= 0.3 is 0 Å². The van der Waals surface area contributed by atoms with Gasteiger partial charge in [0.25, 0.3) is 5.91 Å². The Morgan fingerprint density at radius 1 is 1.19 bits per heavy atom. The lowest BCUT2D eigenvalue weighted by molar-refractivity contribution is 0.0191. The lowest BCUT2D eigenvalue weighted by atomic mass is 10.1. The normalized spacial score (nSPS) is 12.1. The summed E-state index contributed by atoms with van der Waals surface area (Å²) in [7, 11) is 0. The smallest absolute Gasteiger partial charge is 0.254 e. The fourth-order valence-corrected chi connectivity index (χ4v) is 3.18. The summed E-state index contributed by atoms with van der Waals surface area (Å²) in [5.74, 6) is -6.33. The van der Waals surface area contributed by atoms with Gasteiger partial charge in [-0.25, -0.2) is 22.5 Å². The number of aliphatic hydroxyl groups excluding tert-OH is 1. The second-order valence-corrected chi connectivity index (χ2v) is 7.02. The van der Waals surface area contributed by atoms with Crippen molar-refractivity contribution in [3.8, 4) is 17.0 Å². The molecule has 32 heavy (non-hydrogen) atoms. The van der Waals surface area contributed by atoms with Crippen molar-refractivity contribution in [1.29, 1.82) is 0 Å². The lowest BCUT2D eigenvalue weighted by Crippen LogP contribution is -2.19. The van der Waals surface area contributed by atoms with Gasteiger partial charge in [0.1, 0.15) is 28.7 Å². The van der Waals surface area contributed by atoms with E-state index in [0.717, 1.165) is 24.3 Å². The molecule has 1 atom stereocenters. The number of hydrogen-bond donors (Lipinski definition) is 2.